The molecule has 6 nitrogen and oxygen atoms in total. The van der Waals surface area contributed by atoms with E-state index in [0.29, 0.717) is 16.7 Å². The number of halogens is 4. The minimum atomic E-state index is -4.77. The summed E-state index contributed by atoms with van der Waals surface area (Å²) >= 11 is 0. The first-order chi connectivity index (χ1) is 18.0. The lowest BCUT2D eigenvalue weighted by molar-refractivity contribution is -0.198. The molecule has 2 unspecified atom stereocenters. The van der Waals surface area contributed by atoms with Crippen molar-refractivity contribution in [1.82, 2.24) is 9.97 Å². The molecule has 1 aromatic heterocycles. The average Bonchev–Trinajstić information content (AvgIpc) is 2.86. The predicted octanol–water partition coefficient (Wildman–Crippen LogP) is 6.19. The molecule has 1 heterocycles. The largest absolute Gasteiger partial charge is 0.460 e. The van der Waals surface area contributed by atoms with Gasteiger partial charge in [-0.1, -0.05) is 60.7 Å². The molecule has 4 aromatic rings. The number of carbonyl (C=O) groups is 1. The van der Waals surface area contributed by atoms with Gasteiger partial charge in [0.1, 0.15) is 11.6 Å². The molecule has 0 aliphatic rings. The highest BCUT2D eigenvalue weighted by Crippen LogP contribution is 2.38. The van der Waals surface area contributed by atoms with Gasteiger partial charge in [0, 0.05) is 29.7 Å². The van der Waals surface area contributed by atoms with Crippen molar-refractivity contribution in [3.63, 3.8) is 0 Å². The Morgan fingerprint density at radius 2 is 1.53 bits per heavy atom. The molecule has 0 aliphatic carbocycles. The van der Waals surface area contributed by atoms with Gasteiger partial charge in [-0.15, -0.1) is 0 Å². The zero-order chi connectivity index (χ0) is 27.4. The van der Waals surface area contributed by atoms with Gasteiger partial charge >= 0.3 is 6.18 Å². The SMILES string of the molecule is CC(=O)CC(N)c1ccc(-c2cc(OC(c3ccc(-c4cccc(F)c4)cc3)C(F)(F)F)nc(N)n2)cc1. The van der Waals surface area contributed by atoms with Crippen LogP contribution in [0.2, 0.25) is 0 Å². The van der Waals surface area contributed by atoms with E-state index in [-0.39, 0.29) is 35.3 Å². The summed E-state index contributed by atoms with van der Waals surface area (Å²) in [4.78, 5) is 19.3. The summed E-state index contributed by atoms with van der Waals surface area (Å²) in [6, 6.07) is 18.8. The van der Waals surface area contributed by atoms with Crippen molar-refractivity contribution in [1.29, 1.82) is 0 Å². The summed E-state index contributed by atoms with van der Waals surface area (Å²) < 4.78 is 60.9. The van der Waals surface area contributed by atoms with Crippen LogP contribution in [0, 0.1) is 5.82 Å². The van der Waals surface area contributed by atoms with Crippen LogP contribution in [-0.4, -0.2) is 21.9 Å². The van der Waals surface area contributed by atoms with Gasteiger partial charge in [0.05, 0.1) is 5.69 Å². The van der Waals surface area contributed by atoms with Crippen LogP contribution < -0.4 is 16.2 Å². The standard InChI is InChI=1S/C28H24F4N4O2/c1-16(37)13-23(33)18-7-9-19(10-8-18)24-15-25(36-27(34)35-24)38-26(28(30,31)32)20-11-5-17(6-12-20)21-3-2-4-22(29)14-21/h2-12,14-15,23,26H,13,33H2,1H3,(H2,34,35,36). The minimum absolute atomic E-state index is 0.0465. The third kappa shape index (κ3) is 6.51. The van der Waals surface area contributed by atoms with Gasteiger partial charge in [-0.2, -0.15) is 18.2 Å². The monoisotopic (exact) mass is 524 g/mol. The Morgan fingerprint density at radius 1 is 0.895 bits per heavy atom. The Balaban J connectivity index is 1.59. The van der Waals surface area contributed by atoms with Crippen molar-refractivity contribution in [2.75, 3.05) is 5.73 Å². The molecule has 4 rings (SSSR count). The number of hydrogen-bond acceptors (Lipinski definition) is 6. The van der Waals surface area contributed by atoms with E-state index >= 15 is 0 Å². The van der Waals surface area contributed by atoms with Crippen molar-refractivity contribution in [3.8, 4) is 28.3 Å². The quantitative estimate of drug-likeness (QED) is 0.266. The maximum Gasteiger partial charge on any atom is 0.429 e. The van der Waals surface area contributed by atoms with Gasteiger partial charge in [-0.3, -0.25) is 4.79 Å². The Labute approximate surface area is 216 Å². The third-order valence-corrected chi connectivity index (χ3v) is 5.77. The second-order valence-electron chi connectivity index (χ2n) is 8.76. The van der Waals surface area contributed by atoms with Crippen molar-refractivity contribution in [3.05, 3.63) is 95.8 Å². The van der Waals surface area contributed by atoms with Crippen molar-refractivity contribution in [2.24, 2.45) is 5.73 Å². The van der Waals surface area contributed by atoms with Crippen LogP contribution in [-0.2, 0) is 4.79 Å². The number of benzene rings is 3. The fourth-order valence-electron chi connectivity index (χ4n) is 3.94. The minimum Gasteiger partial charge on any atom is -0.460 e. The lowest BCUT2D eigenvalue weighted by Gasteiger charge is -2.22. The van der Waals surface area contributed by atoms with Crippen LogP contribution in [0.5, 0.6) is 5.88 Å². The van der Waals surface area contributed by atoms with Crippen molar-refractivity contribution < 1.29 is 27.1 Å². The lowest BCUT2D eigenvalue weighted by atomic mass is 10.0. The van der Waals surface area contributed by atoms with E-state index in [0.717, 1.165) is 5.56 Å². The van der Waals surface area contributed by atoms with Gasteiger partial charge < -0.3 is 16.2 Å². The van der Waals surface area contributed by atoms with E-state index < -0.39 is 24.1 Å². The van der Waals surface area contributed by atoms with Gasteiger partial charge in [0.25, 0.3) is 0 Å². The molecule has 0 spiro atoms. The summed E-state index contributed by atoms with van der Waals surface area (Å²) in [5.41, 5.74) is 14.2. The number of Topliss-reactive ketones (excluding diaryl/α,β-unsaturated/α-hetero) is 1. The fraction of sp³-hybridized carbons (Fsp3) is 0.179. The molecule has 38 heavy (non-hydrogen) atoms. The molecule has 196 valence electrons. The van der Waals surface area contributed by atoms with Crippen molar-refractivity contribution in [2.45, 2.75) is 31.7 Å². The second-order valence-corrected chi connectivity index (χ2v) is 8.76. The fourth-order valence-corrected chi connectivity index (χ4v) is 3.94. The van der Waals surface area contributed by atoms with E-state index in [1.807, 2.05) is 0 Å². The number of anilines is 1. The number of nitrogen functional groups attached to an aromatic ring is 1. The molecule has 0 aliphatic heterocycles. The maximum atomic E-state index is 14.0. The van der Waals surface area contributed by atoms with E-state index in [2.05, 4.69) is 9.97 Å². The van der Waals surface area contributed by atoms with Gasteiger partial charge in [-0.25, -0.2) is 9.37 Å². The summed E-state index contributed by atoms with van der Waals surface area (Å²) in [6.07, 6.45) is -6.92. The number of rotatable bonds is 8. The number of hydrogen-bond donors (Lipinski definition) is 2. The number of nitrogens with two attached hydrogens (primary N) is 2. The highest BCUT2D eigenvalue weighted by molar-refractivity contribution is 5.76. The molecule has 2 atom stereocenters. The van der Waals surface area contributed by atoms with Crippen LogP contribution in [0.3, 0.4) is 0 Å². The van der Waals surface area contributed by atoms with Crippen molar-refractivity contribution >= 4 is 11.7 Å². The van der Waals surface area contributed by atoms with Crippen LogP contribution >= 0.6 is 0 Å². The van der Waals surface area contributed by atoms with Crippen LogP contribution in [0.1, 0.15) is 36.6 Å². The zero-order valence-electron chi connectivity index (χ0n) is 20.2. The van der Waals surface area contributed by atoms with E-state index in [1.165, 1.54) is 55.5 Å². The normalized spacial score (nSPS) is 13.1. The Bertz CT molecular complexity index is 1420. The molecular formula is C28H24F4N4O2. The Morgan fingerprint density at radius 3 is 2.13 bits per heavy atom. The first-order valence-electron chi connectivity index (χ1n) is 11.6. The Kier molecular flexibility index (Phi) is 7.72. The zero-order valence-corrected chi connectivity index (χ0v) is 20.2. The maximum absolute atomic E-state index is 14.0. The van der Waals surface area contributed by atoms with E-state index in [9.17, 15) is 22.4 Å². The first-order valence-corrected chi connectivity index (χ1v) is 11.6. The first kappa shape index (κ1) is 26.7. The number of alkyl halides is 3. The average molecular weight is 525 g/mol. The number of ether oxygens (including phenoxy) is 1. The molecule has 3 aromatic carbocycles. The molecule has 0 saturated carbocycles. The molecule has 0 saturated heterocycles. The third-order valence-electron chi connectivity index (χ3n) is 5.77. The summed E-state index contributed by atoms with van der Waals surface area (Å²) in [7, 11) is 0. The van der Waals surface area contributed by atoms with E-state index in [4.69, 9.17) is 16.2 Å². The summed E-state index contributed by atoms with van der Waals surface area (Å²) in [5, 5.41) is 0. The molecule has 0 bridgehead atoms. The van der Waals surface area contributed by atoms with Crippen LogP contribution in [0.4, 0.5) is 23.5 Å². The molecule has 0 radical (unpaired) electrons. The number of nitrogens with zero attached hydrogens (tertiary/aromatic N) is 2. The lowest BCUT2D eigenvalue weighted by Crippen LogP contribution is -2.26. The smallest absolute Gasteiger partial charge is 0.429 e. The van der Waals surface area contributed by atoms with Crippen LogP contribution in [0.25, 0.3) is 22.4 Å². The molecule has 0 amide bonds. The molecule has 4 N–H and O–H groups in total. The molecule has 10 heteroatoms. The molecule has 0 fully saturated rings. The second kappa shape index (κ2) is 11.0. The summed E-state index contributed by atoms with van der Waals surface area (Å²) in [6.45, 7) is 1.45. The predicted molar refractivity (Wildman–Crippen MR) is 135 cm³/mol. The topological polar surface area (TPSA) is 104 Å². The van der Waals surface area contributed by atoms with Gasteiger partial charge in [0.15, 0.2) is 0 Å². The number of ketones is 1. The van der Waals surface area contributed by atoms with Crippen LogP contribution in [0.15, 0.2) is 78.9 Å². The highest BCUT2D eigenvalue weighted by atomic mass is 19.4. The molecular weight excluding hydrogens is 500 g/mol. The summed E-state index contributed by atoms with van der Waals surface area (Å²) in [5.74, 6) is -1.12. The Hall–Kier alpha value is -4.31. The van der Waals surface area contributed by atoms with Gasteiger partial charge in [-0.05, 0) is 35.7 Å². The number of aromatic nitrogens is 2. The van der Waals surface area contributed by atoms with Gasteiger partial charge in [0.2, 0.25) is 17.9 Å². The highest BCUT2D eigenvalue weighted by Gasteiger charge is 2.43. The number of carbonyl (C=O) groups excluding carboxylic acids is 1. The van der Waals surface area contributed by atoms with E-state index in [1.54, 1.807) is 30.3 Å².